The van der Waals surface area contributed by atoms with Crippen LogP contribution in [0.5, 0.6) is 0 Å². The molecule has 26 heavy (non-hydrogen) atoms. The summed E-state index contributed by atoms with van der Waals surface area (Å²) in [5, 5.41) is 0.468. The van der Waals surface area contributed by atoms with Gasteiger partial charge in [-0.05, 0) is 43.3 Å². The molecule has 0 atom stereocenters. The summed E-state index contributed by atoms with van der Waals surface area (Å²) >= 11 is 1.35. The summed E-state index contributed by atoms with van der Waals surface area (Å²) in [6.07, 6.45) is 1.60. The van der Waals surface area contributed by atoms with Crippen LogP contribution in [0.1, 0.15) is 11.4 Å². The lowest BCUT2D eigenvalue weighted by molar-refractivity contribution is 0.466. The van der Waals surface area contributed by atoms with Crippen molar-refractivity contribution in [2.45, 2.75) is 17.9 Å². The highest BCUT2D eigenvalue weighted by atomic mass is 32.2. The molecule has 0 saturated carbocycles. The number of aryl methyl sites for hydroxylation is 1. The van der Waals surface area contributed by atoms with E-state index in [0.29, 0.717) is 28.1 Å². The van der Waals surface area contributed by atoms with Crippen molar-refractivity contribution in [3.05, 3.63) is 82.3 Å². The fraction of sp³-hybridized carbons (Fsp3) is 0.105. The van der Waals surface area contributed by atoms with Crippen molar-refractivity contribution < 1.29 is 8.81 Å². The minimum absolute atomic E-state index is 0.108. The lowest BCUT2D eigenvalue weighted by Gasteiger charge is -2.05. The molecule has 0 aliphatic carbocycles. The van der Waals surface area contributed by atoms with Gasteiger partial charge in [-0.15, -0.1) is 0 Å². The van der Waals surface area contributed by atoms with Crippen LogP contribution in [0.3, 0.4) is 0 Å². The van der Waals surface area contributed by atoms with Crippen molar-refractivity contribution in [3.63, 3.8) is 0 Å². The number of fused-ring (bicyclic) bond motifs is 1. The zero-order valence-corrected chi connectivity index (χ0v) is 14.7. The summed E-state index contributed by atoms with van der Waals surface area (Å²) in [7, 11) is 0. The van der Waals surface area contributed by atoms with Gasteiger partial charge in [0, 0.05) is 23.1 Å². The summed E-state index contributed by atoms with van der Waals surface area (Å²) in [4.78, 5) is 21.0. The first-order valence-electron chi connectivity index (χ1n) is 7.93. The average Bonchev–Trinajstić information content (AvgIpc) is 3.09. The number of aromatic nitrogens is 3. The molecule has 3 aromatic heterocycles. The highest BCUT2D eigenvalue weighted by Gasteiger charge is 2.09. The van der Waals surface area contributed by atoms with Crippen molar-refractivity contribution in [2.75, 3.05) is 0 Å². The fourth-order valence-corrected chi connectivity index (χ4v) is 3.34. The predicted octanol–water partition coefficient (Wildman–Crippen LogP) is 4.09. The maximum atomic E-state index is 13.0. The van der Waals surface area contributed by atoms with Gasteiger partial charge in [-0.1, -0.05) is 17.8 Å². The Morgan fingerprint density at radius 3 is 2.81 bits per heavy atom. The van der Waals surface area contributed by atoms with E-state index in [1.807, 2.05) is 19.1 Å². The Kier molecular flexibility index (Phi) is 4.30. The Bertz CT molecular complexity index is 1140. The van der Waals surface area contributed by atoms with Gasteiger partial charge in [0.25, 0.3) is 10.8 Å². The van der Waals surface area contributed by atoms with Gasteiger partial charge < -0.3 is 4.42 Å². The van der Waals surface area contributed by atoms with E-state index in [4.69, 9.17) is 4.42 Å². The lowest BCUT2D eigenvalue weighted by Crippen LogP contribution is -2.17. The SMILES string of the molecule is Cc1cccc2nc(CSc3ncc(-c4ccc(F)cc4)o3)cc(=O)n12. The maximum Gasteiger partial charge on any atom is 0.258 e. The zero-order valence-electron chi connectivity index (χ0n) is 13.8. The number of nitrogens with zero attached hydrogens (tertiary/aromatic N) is 3. The first kappa shape index (κ1) is 16.5. The highest BCUT2D eigenvalue weighted by molar-refractivity contribution is 7.98. The van der Waals surface area contributed by atoms with E-state index >= 15 is 0 Å². The number of hydrogen-bond donors (Lipinski definition) is 0. The van der Waals surface area contributed by atoms with Crippen LogP contribution in [0.15, 0.2) is 69.2 Å². The second-order valence-corrected chi connectivity index (χ2v) is 6.66. The van der Waals surface area contributed by atoms with E-state index in [0.717, 1.165) is 11.3 Å². The van der Waals surface area contributed by atoms with Crippen LogP contribution in [-0.2, 0) is 5.75 Å². The molecule has 0 spiro atoms. The van der Waals surface area contributed by atoms with Crippen LogP contribution >= 0.6 is 11.8 Å². The van der Waals surface area contributed by atoms with Crippen LogP contribution in [0.25, 0.3) is 17.0 Å². The normalized spacial score (nSPS) is 11.2. The van der Waals surface area contributed by atoms with Crippen molar-refractivity contribution in [1.29, 1.82) is 0 Å². The molecule has 0 aliphatic heterocycles. The van der Waals surface area contributed by atoms with Crippen LogP contribution < -0.4 is 5.56 Å². The van der Waals surface area contributed by atoms with Crippen molar-refractivity contribution >= 4 is 17.4 Å². The zero-order chi connectivity index (χ0) is 18.1. The molecule has 4 rings (SSSR count). The first-order valence-corrected chi connectivity index (χ1v) is 8.91. The molecule has 0 aliphatic rings. The number of thioether (sulfide) groups is 1. The van der Waals surface area contributed by atoms with Crippen LogP contribution in [0.4, 0.5) is 4.39 Å². The smallest absolute Gasteiger partial charge is 0.258 e. The molecule has 4 aromatic rings. The molecular weight excluding hydrogens is 353 g/mol. The van der Waals surface area contributed by atoms with Gasteiger partial charge in [-0.25, -0.2) is 14.4 Å². The minimum Gasteiger partial charge on any atom is -0.431 e. The Morgan fingerprint density at radius 2 is 2.00 bits per heavy atom. The standard InChI is InChI=1S/C19H14FN3O2S/c1-12-3-2-4-17-22-15(9-18(24)23(12)17)11-26-19-21-10-16(25-19)13-5-7-14(20)8-6-13/h2-10H,11H2,1H3. The van der Waals surface area contributed by atoms with Gasteiger partial charge in [-0.2, -0.15) is 0 Å². The molecule has 0 unspecified atom stereocenters. The van der Waals surface area contributed by atoms with E-state index in [1.54, 1.807) is 28.8 Å². The maximum absolute atomic E-state index is 13.0. The molecule has 0 N–H and O–H groups in total. The Morgan fingerprint density at radius 1 is 1.19 bits per heavy atom. The largest absolute Gasteiger partial charge is 0.431 e. The van der Waals surface area contributed by atoms with Crippen LogP contribution in [-0.4, -0.2) is 14.4 Å². The molecule has 0 fully saturated rings. The Hall–Kier alpha value is -2.93. The third-order valence-electron chi connectivity index (χ3n) is 3.89. The predicted molar refractivity (Wildman–Crippen MR) is 97.7 cm³/mol. The van der Waals surface area contributed by atoms with Crippen molar-refractivity contribution in [1.82, 2.24) is 14.4 Å². The number of benzene rings is 1. The minimum atomic E-state index is -0.299. The van der Waals surface area contributed by atoms with Gasteiger partial charge in [-0.3, -0.25) is 9.20 Å². The third kappa shape index (κ3) is 3.25. The van der Waals surface area contributed by atoms with E-state index in [-0.39, 0.29) is 11.4 Å². The fourth-order valence-electron chi connectivity index (χ4n) is 2.65. The number of rotatable bonds is 4. The summed E-state index contributed by atoms with van der Waals surface area (Å²) < 4.78 is 20.3. The number of halogens is 1. The Labute approximate surface area is 152 Å². The molecule has 3 heterocycles. The average molecular weight is 367 g/mol. The summed E-state index contributed by atoms with van der Waals surface area (Å²) in [5.41, 5.74) is 2.77. The molecule has 5 nitrogen and oxygen atoms in total. The van der Waals surface area contributed by atoms with Gasteiger partial charge >= 0.3 is 0 Å². The van der Waals surface area contributed by atoms with E-state index in [1.165, 1.54) is 30.0 Å². The molecule has 0 bridgehead atoms. The van der Waals surface area contributed by atoms with Crippen molar-refractivity contribution in [3.8, 4) is 11.3 Å². The summed E-state index contributed by atoms with van der Waals surface area (Å²) in [5.74, 6) is 0.727. The van der Waals surface area contributed by atoms with Gasteiger partial charge in [0.15, 0.2) is 5.76 Å². The van der Waals surface area contributed by atoms with Gasteiger partial charge in [0.05, 0.1) is 11.9 Å². The summed E-state index contributed by atoms with van der Waals surface area (Å²) in [6.45, 7) is 1.87. The molecular formula is C19H14FN3O2S. The quantitative estimate of drug-likeness (QED) is 0.509. The second-order valence-electron chi connectivity index (χ2n) is 5.73. The molecule has 7 heteroatoms. The van der Waals surface area contributed by atoms with Crippen LogP contribution in [0, 0.1) is 12.7 Å². The van der Waals surface area contributed by atoms with E-state index < -0.39 is 0 Å². The third-order valence-corrected chi connectivity index (χ3v) is 4.77. The first-order chi connectivity index (χ1) is 12.6. The number of hydrogen-bond acceptors (Lipinski definition) is 5. The lowest BCUT2D eigenvalue weighted by atomic mass is 10.2. The second kappa shape index (κ2) is 6.76. The van der Waals surface area contributed by atoms with Crippen LogP contribution in [0.2, 0.25) is 0 Å². The highest BCUT2D eigenvalue weighted by Crippen LogP contribution is 2.27. The molecule has 1 aromatic carbocycles. The van der Waals surface area contributed by atoms with Crippen molar-refractivity contribution in [2.24, 2.45) is 0 Å². The number of oxazole rings is 1. The topological polar surface area (TPSA) is 60.4 Å². The number of pyridine rings is 1. The molecule has 0 radical (unpaired) electrons. The monoisotopic (exact) mass is 367 g/mol. The van der Waals surface area contributed by atoms with E-state index in [9.17, 15) is 9.18 Å². The molecule has 0 saturated heterocycles. The Balaban J connectivity index is 1.54. The summed E-state index contributed by atoms with van der Waals surface area (Å²) in [6, 6.07) is 13.1. The van der Waals surface area contributed by atoms with E-state index in [2.05, 4.69) is 9.97 Å². The molecule has 0 amide bonds. The van der Waals surface area contributed by atoms with Gasteiger partial charge in [0.2, 0.25) is 0 Å². The van der Waals surface area contributed by atoms with Gasteiger partial charge in [0.1, 0.15) is 11.5 Å². The molecule has 130 valence electrons.